The molecule has 0 aliphatic carbocycles. The first-order chi connectivity index (χ1) is 8.97. The molecule has 1 N–H and O–H groups in total. The van der Waals surface area contributed by atoms with Crippen LogP contribution in [0, 0.1) is 6.92 Å². The molecule has 0 unspecified atom stereocenters. The van der Waals surface area contributed by atoms with Gasteiger partial charge in [-0.25, -0.2) is 0 Å². The summed E-state index contributed by atoms with van der Waals surface area (Å²) >= 11 is 0. The predicted octanol–water partition coefficient (Wildman–Crippen LogP) is 3.42. The number of nitrogens with zero attached hydrogens (tertiary/aromatic N) is 2. The number of anilines is 1. The summed E-state index contributed by atoms with van der Waals surface area (Å²) in [5.41, 5.74) is 0.446. The second-order valence-electron chi connectivity index (χ2n) is 4.04. The van der Waals surface area contributed by atoms with Gasteiger partial charge in [-0.05, 0) is 25.1 Å². The molecule has 0 radical (unpaired) electrons. The Balaban J connectivity index is 2.22. The van der Waals surface area contributed by atoms with Gasteiger partial charge in [0.2, 0.25) is 0 Å². The van der Waals surface area contributed by atoms with Crippen molar-refractivity contribution >= 4 is 5.69 Å². The van der Waals surface area contributed by atoms with E-state index in [-0.39, 0.29) is 12.2 Å². The number of alkyl halides is 3. The Kier molecular flexibility index (Phi) is 3.69. The second kappa shape index (κ2) is 5.26. The fourth-order valence-corrected chi connectivity index (χ4v) is 1.62. The van der Waals surface area contributed by atoms with Crippen LogP contribution in [0.4, 0.5) is 18.9 Å². The maximum atomic E-state index is 12.8. The van der Waals surface area contributed by atoms with E-state index in [0.29, 0.717) is 11.4 Å². The van der Waals surface area contributed by atoms with Gasteiger partial charge < -0.3 is 5.32 Å². The summed E-state index contributed by atoms with van der Waals surface area (Å²) < 4.78 is 38.4. The zero-order valence-electron chi connectivity index (χ0n) is 10.2. The van der Waals surface area contributed by atoms with E-state index >= 15 is 0 Å². The van der Waals surface area contributed by atoms with E-state index in [2.05, 4.69) is 15.3 Å². The number of hydrogen-bond acceptors (Lipinski definition) is 3. The van der Waals surface area contributed by atoms with Crippen LogP contribution in [0.15, 0.2) is 36.7 Å². The number of pyridine rings is 2. The van der Waals surface area contributed by atoms with Gasteiger partial charge in [-0.2, -0.15) is 13.2 Å². The normalized spacial score (nSPS) is 11.4. The summed E-state index contributed by atoms with van der Waals surface area (Å²) in [5, 5.41) is 2.75. The van der Waals surface area contributed by atoms with Crippen LogP contribution >= 0.6 is 0 Å². The van der Waals surface area contributed by atoms with Crippen LogP contribution in [0.2, 0.25) is 0 Å². The van der Waals surface area contributed by atoms with Crippen molar-refractivity contribution in [2.24, 2.45) is 0 Å². The molecule has 0 spiro atoms. The first kappa shape index (κ1) is 13.3. The van der Waals surface area contributed by atoms with E-state index in [4.69, 9.17) is 0 Å². The van der Waals surface area contributed by atoms with Crippen LogP contribution in [-0.4, -0.2) is 9.97 Å². The first-order valence-corrected chi connectivity index (χ1v) is 5.64. The number of hydrogen-bond donors (Lipinski definition) is 1. The Bertz CT molecular complexity index is 553. The van der Waals surface area contributed by atoms with Gasteiger partial charge in [0.1, 0.15) is 0 Å². The highest BCUT2D eigenvalue weighted by Gasteiger charge is 2.34. The minimum Gasteiger partial charge on any atom is -0.379 e. The maximum Gasteiger partial charge on any atom is 0.419 e. The quantitative estimate of drug-likeness (QED) is 0.926. The van der Waals surface area contributed by atoms with Crippen LogP contribution in [-0.2, 0) is 12.7 Å². The van der Waals surface area contributed by atoms with E-state index in [0.717, 1.165) is 6.20 Å². The zero-order valence-corrected chi connectivity index (χ0v) is 10.2. The predicted molar refractivity (Wildman–Crippen MR) is 65.5 cm³/mol. The van der Waals surface area contributed by atoms with Crippen molar-refractivity contribution in [1.82, 2.24) is 9.97 Å². The Morgan fingerprint density at radius 2 is 2.00 bits per heavy atom. The molecule has 0 saturated carbocycles. The summed E-state index contributed by atoms with van der Waals surface area (Å²) in [6.07, 6.45) is -1.98. The monoisotopic (exact) mass is 267 g/mol. The number of aryl methyl sites for hydroxylation is 1. The topological polar surface area (TPSA) is 37.8 Å². The molecule has 3 nitrogen and oxygen atoms in total. The Hall–Kier alpha value is -2.11. The standard InChI is InChI=1S/C13H12F3N3/c1-9-6-12(11(8-18-9)13(14,15)16)19-7-10-4-2-3-5-17-10/h2-6,8H,7H2,1H3,(H,18,19). The Labute approximate surface area is 108 Å². The van der Waals surface area contributed by atoms with Gasteiger partial charge in [0, 0.05) is 18.1 Å². The third kappa shape index (κ3) is 3.43. The molecule has 0 bridgehead atoms. The molecular weight excluding hydrogens is 255 g/mol. The van der Waals surface area contributed by atoms with Crippen LogP contribution < -0.4 is 5.32 Å². The van der Waals surface area contributed by atoms with Crippen molar-refractivity contribution in [2.45, 2.75) is 19.6 Å². The average molecular weight is 267 g/mol. The fourth-order valence-electron chi connectivity index (χ4n) is 1.62. The van der Waals surface area contributed by atoms with Crippen LogP contribution in [0.5, 0.6) is 0 Å². The van der Waals surface area contributed by atoms with E-state index < -0.39 is 11.7 Å². The van der Waals surface area contributed by atoms with Gasteiger partial charge in [0.15, 0.2) is 0 Å². The van der Waals surface area contributed by atoms with Gasteiger partial charge in [-0.3, -0.25) is 9.97 Å². The van der Waals surface area contributed by atoms with E-state index in [1.165, 1.54) is 6.07 Å². The molecule has 0 atom stereocenters. The number of nitrogens with one attached hydrogen (secondary N) is 1. The Morgan fingerprint density at radius 1 is 1.21 bits per heavy atom. The molecule has 6 heteroatoms. The largest absolute Gasteiger partial charge is 0.419 e. The first-order valence-electron chi connectivity index (χ1n) is 5.64. The van der Waals surface area contributed by atoms with Crippen LogP contribution in [0.3, 0.4) is 0 Å². The highest BCUT2D eigenvalue weighted by molar-refractivity contribution is 5.52. The van der Waals surface area contributed by atoms with Gasteiger partial charge in [-0.15, -0.1) is 0 Å². The minimum absolute atomic E-state index is 0.0191. The molecule has 2 aromatic heterocycles. The fraction of sp³-hybridized carbons (Fsp3) is 0.231. The van der Waals surface area contributed by atoms with Gasteiger partial charge in [-0.1, -0.05) is 6.07 Å². The number of rotatable bonds is 3. The molecule has 100 valence electrons. The highest BCUT2D eigenvalue weighted by Crippen LogP contribution is 2.34. The molecule has 19 heavy (non-hydrogen) atoms. The van der Waals surface area contributed by atoms with E-state index in [9.17, 15) is 13.2 Å². The van der Waals surface area contributed by atoms with Crippen molar-refractivity contribution < 1.29 is 13.2 Å². The molecule has 0 fully saturated rings. The van der Waals surface area contributed by atoms with Crippen molar-refractivity contribution in [1.29, 1.82) is 0 Å². The molecule has 0 amide bonds. The number of halogens is 3. The molecular formula is C13H12F3N3. The summed E-state index contributed by atoms with van der Waals surface area (Å²) in [7, 11) is 0. The lowest BCUT2D eigenvalue weighted by Gasteiger charge is -2.14. The Morgan fingerprint density at radius 3 is 2.63 bits per heavy atom. The van der Waals surface area contributed by atoms with Gasteiger partial charge in [0.05, 0.1) is 23.5 Å². The summed E-state index contributed by atoms with van der Waals surface area (Å²) in [4.78, 5) is 7.73. The van der Waals surface area contributed by atoms with E-state index in [1.807, 2.05) is 0 Å². The zero-order chi connectivity index (χ0) is 13.9. The number of aromatic nitrogens is 2. The smallest absolute Gasteiger partial charge is 0.379 e. The van der Waals surface area contributed by atoms with Crippen LogP contribution in [0.1, 0.15) is 17.0 Å². The lowest BCUT2D eigenvalue weighted by molar-refractivity contribution is -0.137. The van der Waals surface area contributed by atoms with Crippen molar-refractivity contribution in [2.75, 3.05) is 5.32 Å². The van der Waals surface area contributed by atoms with Gasteiger partial charge >= 0.3 is 6.18 Å². The molecule has 2 aromatic rings. The molecule has 0 aliphatic heterocycles. The van der Waals surface area contributed by atoms with Crippen molar-refractivity contribution in [3.05, 3.63) is 53.6 Å². The summed E-state index contributed by atoms with van der Waals surface area (Å²) in [5.74, 6) is 0. The van der Waals surface area contributed by atoms with Crippen LogP contribution in [0.25, 0.3) is 0 Å². The van der Waals surface area contributed by atoms with E-state index in [1.54, 1.807) is 31.3 Å². The SMILES string of the molecule is Cc1cc(NCc2ccccn2)c(C(F)(F)F)cn1. The maximum absolute atomic E-state index is 12.8. The molecule has 2 rings (SSSR count). The summed E-state index contributed by atoms with van der Waals surface area (Å²) in [6, 6.07) is 6.66. The molecule has 0 saturated heterocycles. The third-order valence-corrected chi connectivity index (χ3v) is 2.53. The molecule has 0 aromatic carbocycles. The van der Waals surface area contributed by atoms with Gasteiger partial charge in [0.25, 0.3) is 0 Å². The third-order valence-electron chi connectivity index (χ3n) is 2.53. The van der Waals surface area contributed by atoms with Crippen molar-refractivity contribution in [3.8, 4) is 0 Å². The summed E-state index contributed by atoms with van der Waals surface area (Å²) in [6.45, 7) is 1.87. The molecule has 0 aliphatic rings. The highest BCUT2D eigenvalue weighted by atomic mass is 19.4. The minimum atomic E-state index is -4.42. The van der Waals surface area contributed by atoms with Crippen molar-refractivity contribution in [3.63, 3.8) is 0 Å². The lowest BCUT2D eigenvalue weighted by Crippen LogP contribution is -2.12. The second-order valence-corrected chi connectivity index (χ2v) is 4.04. The lowest BCUT2D eigenvalue weighted by atomic mass is 10.2. The molecule has 2 heterocycles. The average Bonchev–Trinajstić information content (AvgIpc) is 2.36.